The van der Waals surface area contributed by atoms with Gasteiger partial charge in [-0.2, -0.15) is 0 Å². The van der Waals surface area contributed by atoms with Gasteiger partial charge in [0.05, 0.1) is 13.2 Å². The summed E-state index contributed by atoms with van der Waals surface area (Å²) in [6.45, 7) is 8.15. The molecule has 1 unspecified atom stereocenters. The number of hydrogen-bond acceptors (Lipinski definition) is 4. The fourth-order valence-corrected chi connectivity index (χ4v) is 2.27. The van der Waals surface area contributed by atoms with Gasteiger partial charge in [0.15, 0.2) is 0 Å². The third kappa shape index (κ3) is 5.12. The molecule has 0 spiro atoms. The van der Waals surface area contributed by atoms with Gasteiger partial charge in [-0.15, -0.1) is 0 Å². The second-order valence-corrected chi connectivity index (χ2v) is 4.79. The monoisotopic (exact) mass is 280 g/mol. The smallest absolute Gasteiger partial charge is 0.119 e. The van der Waals surface area contributed by atoms with Crippen molar-refractivity contribution in [2.45, 2.75) is 26.3 Å². The third-order valence-corrected chi connectivity index (χ3v) is 3.37. The molecule has 20 heavy (non-hydrogen) atoms. The van der Waals surface area contributed by atoms with E-state index < -0.39 is 0 Å². The molecule has 0 fully saturated rings. The molecular formula is C16H28N2O2. The molecule has 0 saturated heterocycles. The van der Waals surface area contributed by atoms with E-state index in [0.717, 1.165) is 38.5 Å². The Hall–Kier alpha value is -1.10. The molecule has 1 aromatic carbocycles. The van der Waals surface area contributed by atoms with Crippen molar-refractivity contribution < 1.29 is 9.47 Å². The molecule has 0 aliphatic heterocycles. The number of nitrogens with two attached hydrogens (primary N) is 1. The van der Waals surface area contributed by atoms with Crippen molar-refractivity contribution in [3.8, 4) is 5.75 Å². The number of likely N-dealkylation sites (N-methyl/N-ethyl adjacent to an activating group) is 1. The lowest BCUT2D eigenvalue weighted by Gasteiger charge is -2.30. The first-order valence-corrected chi connectivity index (χ1v) is 7.42. The maximum Gasteiger partial charge on any atom is 0.119 e. The quantitative estimate of drug-likeness (QED) is 0.715. The summed E-state index contributed by atoms with van der Waals surface area (Å²) in [5, 5.41) is 0. The van der Waals surface area contributed by atoms with E-state index >= 15 is 0 Å². The van der Waals surface area contributed by atoms with Crippen molar-refractivity contribution in [1.82, 2.24) is 4.90 Å². The number of hydrogen-bond donors (Lipinski definition) is 1. The first-order chi connectivity index (χ1) is 9.76. The molecule has 4 heteroatoms. The van der Waals surface area contributed by atoms with Crippen molar-refractivity contribution in [3.05, 3.63) is 29.8 Å². The van der Waals surface area contributed by atoms with Gasteiger partial charge < -0.3 is 15.2 Å². The Morgan fingerprint density at radius 1 is 1.25 bits per heavy atom. The van der Waals surface area contributed by atoms with Gasteiger partial charge >= 0.3 is 0 Å². The van der Waals surface area contributed by atoms with E-state index in [1.165, 1.54) is 5.56 Å². The molecule has 0 aliphatic carbocycles. The van der Waals surface area contributed by atoms with Crippen LogP contribution < -0.4 is 10.5 Å². The Kier molecular flexibility index (Phi) is 8.26. The zero-order chi connectivity index (χ0) is 14.8. The summed E-state index contributed by atoms with van der Waals surface area (Å²) < 4.78 is 10.9. The average molecular weight is 280 g/mol. The summed E-state index contributed by atoms with van der Waals surface area (Å²) in [4.78, 5) is 2.34. The molecule has 0 radical (unpaired) electrons. The Morgan fingerprint density at radius 2 is 2.05 bits per heavy atom. The highest BCUT2D eigenvalue weighted by Gasteiger charge is 2.17. The van der Waals surface area contributed by atoms with Gasteiger partial charge in [-0.1, -0.05) is 26.0 Å². The number of benzene rings is 1. The Balaban J connectivity index is 2.81. The molecule has 0 aliphatic rings. The molecule has 0 bridgehead atoms. The number of rotatable bonds is 10. The van der Waals surface area contributed by atoms with Crippen LogP contribution in [0, 0.1) is 0 Å². The summed E-state index contributed by atoms with van der Waals surface area (Å²) in [5.74, 6) is 0.922. The molecule has 0 heterocycles. The second kappa shape index (κ2) is 9.75. The van der Waals surface area contributed by atoms with Crippen LogP contribution in [0.5, 0.6) is 5.75 Å². The van der Waals surface area contributed by atoms with Crippen molar-refractivity contribution in [1.29, 1.82) is 0 Å². The molecule has 1 rings (SSSR count). The highest BCUT2D eigenvalue weighted by molar-refractivity contribution is 5.31. The van der Waals surface area contributed by atoms with E-state index in [0.29, 0.717) is 6.54 Å². The topological polar surface area (TPSA) is 47.7 Å². The number of methoxy groups -OCH3 is 1. The minimum atomic E-state index is 0.209. The standard InChI is InChI=1S/C16H28N2O2/c1-4-10-20-15-8-6-7-14(12-15)16(13-17)18(5-2)9-11-19-3/h6-8,12,16H,4-5,9-11,13,17H2,1-3H3. The van der Waals surface area contributed by atoms with Gasteiger partial charge in [0.25, 0.3) is 0 Å². The van der Waals surface area contributed by atoms with Gasteiger partial charge in [0, 0.05) is 26.2 Å². The van der Waals surface area contributed by atoms with Crippen molar-refractivity contribution in [2.24, 2.45) is 5.73 Å². The van der Waals surface area contributed by atoms with Crippen molar-refractivity contribution >= 4 is 0 Å². The maximum atomic E-state index is 5.98. The Bertz CT molecular complexity index is 371. The van der Waals surface area contributed by atoms with E-state index in [1.807, 2.05) is 12.1 Å². The molecule has 0 aromatic heterocycles. The average Bonchev–Trinajstić information content (AvgIpc) is 2.49. The Labute approximate surface area is 122 Å². The Morgan fingerprint density at radius 3 is 2.65 bits per heavy atom. The lowest BCUT2D eigenvalue weighted by atomic mass is 10.0. The van der Waals surface area contributed by atoms with Crippen molar-refractivity contribution in [2.75, 3.05) is 40.0 Å². The van der Waals surface area contributed by atoms with E-state index in [4.69, 9.17) is 15.2 Å². The first kappa shape index (κ1) is 17.0. The van der Waals surface area contributed by atoms with Crippen LogP contribution in [-0.2, 0) is 4.74 Å². The lowest BCUT2D eigenvalue weighted by molar-refractivity contribution is 0.125. The zero-order valence-corrected chi connectivity index (χ0v) is 13.0. The van der Waals surface area contributed by atoms with Gasteiger partial charge in [-0.05, 0) is 30.7 Å². The van der Waals surface area contributed by atoms with Crippen LogP contribution >= 0.6 is 0 Å². The maximum absolute atomic E-state index is 5.98. The van der Waals surface area contributed by atoms with Gasteiger partial charge in [-0.3, -0.25) is 4.90 Å². The molecular weight excluding hydrogens is 252 g/mol. The number of ether oxygens (including phenoxy) is 2. The van der Waals surface area contributed by atoms with E-state index in [1.54, 1.807) is 7.11 Å². The van der Waals surface area contributed by atoms with Crippen LogP contribution in [0.15, 0.2) is 24.3 Å². The molecule has 1 aromatic rings. The second-order valence-electron chi connectivity index (χ2n) is 4.79. The molecule has 4 nitrogen and oxygen atoms in total. The minimum absolute atomic E-state index is 0.209. The van der Waals surface area contributed by atoms with E-state index in [-0.39, 0.29) is 6.04 Å². The number of nitrogens with zero attached hydrogens (tertiary/aromatic N) is 1. The molecule has 2 N–H and O–H groups in total. The molecule has 0 saturated carbocycles. The summed E-state index contributed by atoms with van der Waals surface area (Å²) in [5.41, 5.74) is 7.19. The van der Waals surface area contributed by atoms with Crippen LogP contribution in [0.3, 0.4) is 0 Å². The van der Waals surface area contributed by atoms with Crippen molar-refractivity contribution in [3.63, 3.8) is 0 Å². The predicted molar refractivity (Wildman–Crippen MR) is 83.1 cm³/mol. The fourth-order valence-electron chi connectivity index (χ4n) is 2.27. The first-order valence-electron chi connectivity index (χ1n) is 7.42. The van der Waals surface area contributed by atoms with Crippen LogP contribution in [0.25, 0.3) is 0 Å². The highest BCUT2D eigenvalue weighted by Crippen LogP contribution is 2.23. The predicted octanol–water partition coefficient (Wildman–Crippen LogP) is 2.44. The minimum Gasteiger partial charge on any atom is -0.494 e. The highest BCUT2D eigenvalue weighted by atomic mass is 16.5. The summed E-state index contributed by atoms with van der Waals surface area (Å²) >= 11 is 0. The van der Waals surface area contributed by atoms with Crippen LogP contribution in [-0.4, -0.2) is 44.9 Å². The molecule has 1 atom stereocenters. The lowest BCUT2D eigenvalue weighted by Crippen LogP contribution is -2.36. The van der Waals surface area contributed by atoms with Crippen LogP contribution in [0.1, 0.15) is 31.9 Å². The van der Waals surface area contributed by atoms with Crippen LogP contribution in [0.2, 0.25) is 0 Å². The largest absolute Gasteiger partial charge is 0.494 e. The zero-order valence-electron chi connectivity index (χ0n) is 13.0. The van der Waals surface area contributed by atoms with Gasteiger partial charge in [0.2, 0.25) is 0 Å². The third-order valence-electron chi connectivity index (χ3n) is 3.37. The van der Waals surface area contributed by atoms with E-state index in [2.05, 4.69) is 30.9 Å². The fraction of sp³-hybridized carbons (Fsp3) is 0.625. The van der Waals surface area contributed by atoms with Gasteiger partial charge in [0.1, 0.15) is 5.75 Å². The molecule has 114 valence electrons. The summed E-state index contributed by atoms with van der Waals surface area (Å²) in [6.07, 6.45) is 1.01. The van der Waals surface area contributed by atoms with E-state index in [9.17, 15) is 0 Å². The van der Waals surface area contributed by atoms with Crippen LogP contribution in [0.4, 0.5) is 0 Å². The normalized spacial score (nSPS) is 12.7. The SMILES string of the molecule is CCCOc1cccc(C(CN)N(CC)CCOC)c1. The summed E-state index contributed by atoms with van der Waals surface area (Å²) in [7, 11) is 1.73. The summed E-state index contributed by atoms with van der Waals surface area (Å²) in [6, 6.07) is 8.46. The molecule has 0 amide bonds. The van der Waals surface area contributed by atoms with Gasteiger partial charge in [-0.25, -0.2) is 0 Å².